The summed E-state index contributed by atoms with van der Waals surface area (Å²) in [4.78, 5) is 0. The summed E-state index contributed by atoms with van der Waals surface area (Å²) in [5.41, 5.74) is 0. The van der Waals surface area contributed by atoms with Crippen LogP contribution in [0.3, 0.4) is 0 Å². The second kappa shape index (κ2) is 25.4. The van der Waals surface area contributed by atoms with Crippen LogP contribution in [0.15, 0.2) is 0 Å². The second-order valence-electron chi connectivity index (χ2n) is 0. The summed E-state index contributed by atoms with van der Waals surface area (Å²) < 4.78 is 0. The van der Waals surface area contributed by atoms with Crippen LogP contribution in [-0.2, 0) is 111 Å². The first-order chi connectivity index (χ1) is 0. The molecule has 0 spiro atoms. The van der Waals surface area contributed by atoms with Crippen molar-refractivity contribution in [3.8, 4) is 0 Å². The molecular weight excluding hydrogens is 983 g/mol. The molecule has 0 aliphatic heterocycles. The third-order valence-electron chi connectivity index (χ3n) is 0. The van der Waals surface area contributed by atoms with E-state index in [0.717, 1.165) is 0 Å². The van der Waals surface area contributed by atoms with Gasteiger partial charge in [-0.3, -0.25) is 0 Å². The molecule has 0 aliphatic carbocycles. The molecule has 0 aromatic rings. The zero-order chi connectivity index (χ0) is 0. The fraction of sp³-hybridized carbons (Fsp3) is 0. The van der Waals surface area contributed by atoms with E-state index in [-0.39, 0.29) is 111 Å². The quantitative estimate of drug-likeness (QED) is 0.301. The van der Waals surface area contributed by atoms with Gasteiger partial charge in [-0.05, 0) is 0 Å². The Balaban J connectivity index is 0. The molecule has 0 unspecified atom stereocenters. The van der Waals surface area contributed by atoms with E-state index in [1.807, 2.05) is 0 Å². The molecule has 0 fully saturated rings. The summed E-state index contributed by atoms with van der Waals surface area (Å²) >= 11 is 0. The van der Waals surface area contributed by atoms with Crippen LogP contribution in [0.4, 0.5) is 0 Å². The zero-order valence-corrected chi connectivity index (χ0v) is 12.5. The van der Waals surface area contributed by atoms with Crippen LogP contribution in [0.5, 0.6) is 0 Å². The Kier molecular flexibility index (Phi) is 193. The van der Waals surface area contributed by atoms with Gasteiger partial charge in [0.05, 0.1) is 0 Å². The van der Waals surface area contributed by atoms with Crippen LogP contribution < -0.4 is 0 Å². The van der Waals surface area contributed by atoms with Crippen molar-refractivity contribution >= 4 is 0 Å². The maximum atomic E-state index is 0. The van der Waals surface area contributed by atoms with E-state index in [0.29, 0.717) is 0 Å². The van der Waals surface area contributed by atoms with Gasteiger partial charge in [0.25, 0.3) is 0 Å². The van der Waals surface area contributed by atoms with Crippen LogP contribution >= 0.6 is 0 Å². The summed E-state index contributed by atoms with van der Waals surface area (Å²) in [7, 11) is 0. The first kappa shape index (κ1) is 38.0. The summed E-state index contributed by atoms with van der Waals surface area (Å²) in [5.74, 6) is 0. The Labute approximate surface area is 108 Å². The van der Waals surface area contributed by atoms with Crippen molar-refractivity contribution in [3.05, 3.63) is 0 Å². The fourth-order valence-electron chi connectivity index (χ4n) is 0. The maximum Gasteiger partial charge on any atom is 0 e. The van der Waals surface area contributed by atoms with Gasteiger partial charge >= 0.3 is 0 Å². The van der Waals surface area contributed by atoms with Gasteiger partial charge in [-0.1, -0.05) is 0 Å². The summed E-state index contributed by atoms with van der Waals surface area (Å²) in [5, 5.41) is 0. The predicted molar refractivity (Wildman–Crippen MR) is 0 cm³/mol. The standard InChI is InChI=1S/4Au.Pt. The van der Waals surface area contributed by atoms with Gasteiger partial charge in [-0.25, -0.2) is 0 Å². The molecule has 5 heavy (non-hydrogen) atoms. The normalized spacial score (nSPS) is 0. The third-order valence-corrected chi connectivity index (χ3v) is 0. The first-order valence-electron chi connectivity index (χ1n) is 0. The van der Waals surface area contributed by atoms with Gasteiger partial charge in [-0.15, -0.1) is 0 Å². The van der Waals surface area contributed by atoms with E-state index >= 15 is 0 Å². The van der Waals surface area contributed by atoms with Gasteiger partial charge in [0.1, 0.15) is 0 Å². The molecule has 5 heteroatoms. The molecule has 0 atom stereocenters. The molecule has 0 bridgehead atoms. The van der Waals surface area contributed by atoms with Crippen LogP contribution in [0.25, 0.3) is 0 Å². The van der Waals surface area contributed by atoms with E-state index < -0.39 is 0 Å². The molecule has 0 aliphatic rings. The monoisotopic (exact) mass is 983 g/mol. The molecule has 0 amide bonds. The van der Waals surface area contributed by atoms with Gasteiger partial charge in [0.2, 0.25) is 0 Å². The minimum Gasteiger partial charge on any atom is 0 e. The maximum absolute atomic E-state index is 0. The second-order valence-corrected chi connectivity index (χ2v) is 0. The summed E-state index contributed by atoms with van der Waals surface area (Å²) in [6.07, 6.45) is 0. The van der Waals surface area contributed by atoms with E-state index in [2.05, 4.69) is 0 Å². The van der Waals surface area contributed by atoms with Crippen molar-refractivity contribution in [2.24, 2.45) is 0 Å². The van der Waals surface area contributed by atoms with Gasteiger partial charge in [-0.2, -0.15) is 0 Å². The minimum atomic E-state index is 0. The molecule has 0 N–H and O–H groups in total. The Bertz CT molecular complexity index is 3.61. The molecule has 0 aromatic heterocycles. The van der Waals surface area contributed by atoms with Crippen molar-refractivity contribution in [3.63, 3.8) is 0 Å². The zero-order valence-electron chi connectivity index (χ0n) is 1.52. The molecular formula is Au4Pt. The van der Waals surface area contributed by atoms with Crippen molar-refractivity contribution in [1.82, 2.24) is 0 Å². The number of hydrogen-bond acceptors (Lipinski definition) is 0. The van der Waals surface area contributed by atoms with Crippen molar-refractivity contribution < 1.29 is 111 Å². The number of hydrogen-bond donors (Lipinski definition) is 0. The van der Waals surface area contributed by atoms with Crippen LogP contribution in [0, 0.1) is 0 Å². The van der Waals surface area contributed by atoms with Gasteiger partial charge < -0.3 is 0 Å². The predicted octanol–water partition coefficient (Wildman–Crippen LogP) is -0.0125. The Morgan fingerprint density at radius 2 is 0.400 bits per heavy atom. The Hall–Kier alpha value is 3.65. The average Bonchev–Trinajstić information content (AvgIpc) is 0. The third kappa shape index (κ3) is 18.3. The first-order valence-corrected chi connectivity index (χ1v) is 0. The molecule has 54 valence electrons. The molecule has 0 rings (SSSR count). The van der Waals surface area contributed by atoms with E-state index in [4.69, 9.17) is 0 Å². The van der Waals surface area contributed by atoms with Crippen molar-refractivity contribution in [2.75, 3.05) is 0 Å². The smallest absolute Gasteiger partial charge is 0 e. The molecule has 0 nitrogen and oxygen atoms in total. The van der Waals surface area contributed by atoms with Crippen molar-refractivity contribution in [1.29, 1.82) is 0 Å². The molecule has 0 saturated carbocycles. The average molecular weight is 983 g/mol. The minimum absolute atomic E-state index is 0. The summed E-state index contributed by atoms with van der Waals surface area (Å²) in [6.45, 7) is 0. The van der Waals surface area contributed by atoms with Crippen LogP contribution in [0.1, 0.15) is 0 Å². The summed E-state index contributed by atoms with van der Waals surface area (Å²) in [6, 6.07) is 0. The van der Waals surface area contributed by atoms with E-state index in [1.54, 1.807) is 0 Å². The SMILES string of the molecule is [Au].[Au].[Au].[Au].[Pt]. The fourth-order valence-corrected chi connectivity index (χ4v) is 0. The van der Waals surface area contributed by atoms with E-state index in [1.165, 1.54) is 0 Å². The van der Waals surface area contributed by atoms with Crippen molar-refractivity contribution in [2.45, 2.75) is 0 Å². The number of rotatable bonds is 0. The molecule has 4 radical (unpaired) electrons. The van der Waals surface area contributed by atoms with Gasteiger partial charge in [0, 0.05) is 111 Å². The molecule has 0 aromatic carbocycles. The largest absolute Gasteiger partial charge is 0 e. The molecule has 0 saturated heterocycles. The van der Waals surface area contributed by atoms with E-state index in [9.17, 15) is 0 Å². The topological polar surface area (TPSA) is 0 Å². The molecule has 0 heterocycles. The Morgan fingerprint density at radius 1 is 0.400 bits per heavy atom. The van der Waals surface area contributed by atoms with Crippen LogP contribution in [0.2, 0.25) is 0 Å². The Morgan fingerprint density at radius 3 is 0.400 bits per heavy atom. The van der Waals surface area contributed by atoms with Gasteiger partial charge in [0.15, 0.2) is 0 Å². The van der Waals surface area contributed by atoms with Crippen LogP contribution in [-0.4, -0.2) is 0 Å².